The van der Waals surface area contributed by atoms with Crippen LogP contribution in [-0.2, 0) is 4.74 Å². The minimum Gasteiger partial charge on any atom is -0.461 e. The second-order valence-corrected chi connectivity index (χ2v) is 3.96. The Morgan fingerprint density at radius 3 is 3.00 bits per heavy atom. The van der Waals surface area contributed by atoms with Gasteiger partial charge in [0, 0.05) is 5.56 Å². The topological polar surface area (TPSA) is 18.5 Å². The van der Waals surface area contributed by atoms with Gasteiger partial charge in [0.2, 0.25) is 6.29 Å². The van der Waals surface area contributed by atoms with Crippen LogP contribution >= 0.6 is 0 Å². The van der Waals surface area contributed by atoms with Crippen LogP contribution in [0.2, 0.25) is 0 Å². The maximum Gasteiger partial charge on any atom is 0.220 e. The zero-order chi connectivity index (χ0) is 11.2. The SMILES string of the molecule is CCCCCOC1C=Cc2ccccc2O1. The number of benzene rings is 1. The summed E-state index contributed by atoms with van der Waals surface area (Å²) < 4.78 is 11.3. The highest BCUT2D eigenvalue weighted by Gasteiger charge is 2.13. The number of hydrogen-bond donors (Lipinski definition) is 0. The fourth-order valence-electron chi connectivity index (χ4n) is 1.71. The van der Waals surface area contributed by atoms with Crippen molar-refractivity contribution in [3.8, 4) is 5.75 Å². The van der Waals surface area contributed by atoms with E-state index in [0.717, 1.165) is 24.3 Å². The lowest BCUT2D eigenvalue weighted by atomic mass is 10.1. The molecule has 0 saturated carbocycles. The van der Waals surface area contributed by atoms with E-state index in [2.05, 4.69) is 13.0 Å². The van der Waals surface area contributed by atoms with Gasteiger partial charge < -0.3 is 9.47 Å². The van der Waals surface area contributed by atoms with E-state index in [1.165, 1.54) is 12.8 Å². The van der Waals surface area contributed by atoms with Gasteiger partial charge in [0.25, 0.3) is 0 Å². The molecule has 0 saturated heterocycles. The Balaban J connectivity index is 1.84. The monoisotopic (exact) mass is 218 g/mol. The molecule has 1 aromatic carbocycles. The summed E-state index contributed by atoms with van der Waals surface area (Å²) in [5.74, 6) is 0.908. The van der Waals surface area contributed by atoms with Gasteiger partial charge in [-0.15, -0.1) is 0 Å². The van der Waals surface area contributed by atoms with Crippen LogP contribution in [0.1, 0.15) is 31.7 Å². The summed E-state index contributed by atoms with van der Waals surface area (Å²) in [5.41, 5.74) is 1.12. The Kier molecular flexibility index (Phi) is 4.00. The molecule has 0 amide bonds. The third-order valence-corrected chi connectivity index (χ3v) is 2.63. The van der Waals surface area contributed by atoms with Gasteiger partial charge in [-0.25, -0.2) is 0 Å². The van der Waals surface area contributed by atoms with Crippen molar-refractivity contribution in [2.24, 2.45) is 0 Å². The third kappa shape index (κ3) is 2.86. The van der Waals surface area contributed by atoms with Crippen LogP contribution in [0.25, 0.3) is 6.08 Å². The van der Waals surface area contributed by atoms with Crippen LogP contribution in [0.3, 0.4) is 0 Å². The quantitative estimate of drug-likeness (QED) is 0.703. The first kappa shape index (κ1) is 11.2. The molecule has 0 aromatic heterocycles. The standard InChI is InChI=1S/C14H18O2/c1-2-3-6-11-15-14-10-9-12-7-4-5-8-13(12)16-14/h4-5,7-10,14H,2-3,6,11H2,1H3. The molecule has 1 aromatic rings. The molecule has 0 bridgehead atoms. The van der Waals surface area contributed by atoms with Gasteiger partial charge >= 0.3 is 0 Å². The Bertz CT molecular complexity index is 358. The van der Waals surface area contributed by atoms with E-state index in [1.54, 1.807) is 0 Å². The number of rotatable bonds is 5. The Hall–Kier alpha value is -1.28. The second-order valence-electron chi connectivity index (χ2n) is 3.96. The number of para-hydroxylation sites is 1. The predicted octanol–water partition coefficient (Wildman–Crippen LogP) is 3.63. The molecule has 1 atom stereocenters. The molecule has 1 aliphatic heterocycles. The van der Waals surface area contributed by atoms with Crippen LogP contribution in [0.5, 0.6) is 5.75 Å². The summed E-state index contributed by atoms with van der Waals surface area (Å²) in [5, 5.41) is 0. The van der Waals surface area contributed by atoms with Crippen molar-refractivity contribution in [1.29, 1.82) is 0 Å². The molecule has 0 N–H and O–H groups in total. The molecule has 0 radical (unpaired) electrons. The number of ether oxygens (including phenoxy) is 2. The first-order valence-electron chi connectivity index (χ1n) is 5.95. The largest absolute Gasteiger partial charge is 0.461 e. The highest BCUT2D eigenvalue weighted by molar-refractivity contribution is 5.59. The fourth-order valence-corrected chi connectivity index (χ4v) is 1.71. The molecular formula is C14H18O2. The lowest BCUT2D eigenvalue weighted by molar-refractivity contribution is -0.0482. The molecule has 0 fully saturated rings. The molecule has 16 heavy (non-hydrogen) atoms. The molecule has 2 nitrogen and oxygen atoms in total. The van der Waals surface area contributed by atoms with Gasteiger partial charge in [-0.1, -0.05) is 38.0 Å². The lowest BCUT2D eigenvalue weighted by Crippen LogP contribution is -2.21. The van der Waals surface area contributed by atoms with Crippen LogP contribution < -0.4 is 4.74 Å². The minimum absolute atomic E-state index is 0.216. The van der Waals surface area contributed by atoms with Gasteiger partial charge in [-0.05, 0) is 24.6 Å². The summed E-state index contributed by atoms with van der Waals surface area (Å²) in [4.78, 5) is 0. The molecule has 1 unspecified atom stereocenters. The molecule has 0 spiro atoms. The summed E-state index contributed by atoms with van der Waals surface area (Å²) >= 11 is 0. The van der Waals surface area contributed by atoms with E-state index in [4.69, 9.17) is 9.47 Å². The van der Waals surface area contributed by atoms with Crippen molar-refractivity contribution in [3.05, 3.63) is 35.9 Å². The van der Waals surface area contributed by atoms with E-state index in [1.807, 2.05) is 30.3 Å². The average Bonchev–Trinajstić information content (AvgIpc) is 2.34. The molecule has 2 heteroatoms. The highest BCUT2D eigenvalue weighted by Crippen LogP contribution is 2.25. The van der Waals surface area contributed by atoms with Gasteiger partial charge in [0.1, 0.15) is 5.75 Å². The molecular weight excluding hydrogens is 200 g/mol. The van der Waals surface area contributed by atoms with Crippen molar-refractivity contribution < 1.29 is 9.47 Å². The van der Waals surface area contributed by atoms with E-state index in [0.29, 0.717) is 0 Å². The maximum absolute atomic E-state index is 5.70. The van der Waals surface area contributed by atoms with Gasteiger partial charge in [0.05, 0.1) is 6.61 Å². The maximum atomic E-state index is 5.70. The van der Waals surface area contributed by atoms with E-state index in [9.17, 15) is 0 Å². The first-order valence-corrected chi connectivity index (χ1v) is 5.95. The van der Waals surface area contributed by atoms with Crippen LogP contribution in [0, 0.1) is 0 Å². The Labute approximate surface area is 96.9 Å². The number of hydrogen-bond acceptors (Lipinski definition) is 2. The smallest absolute Gasteiger partial charge is 0.220 e. The Morgan fingerprint density at radius 2 is 2.12 bits per heavy atom. The van der Waals surface area contributed by atoms with Crippen LogP contribution in [-0.4, -0.2) is 12.9 Å². The van der Waals surface area contributed by atoms with Crippen molar-refractivity contribution in [3.63, 3.8) is 0 Å². The third-order valence-electron chi connectivity index (χ3n) is 2.63. The van der Waals surface area contributed by atoms with Gasteiger partial charge in [0.15, 0.2) is 0 Å². The summed E-state index contributed by atoms with van der Waals surface area (Å²) in [7, 11) is 0. The Morgan fingerprint density at radius 1 is 1.25 bits per heavy atom. The highest BCUT2D eigenvalue weighted by atomic mass is 16.7. The summed E-state index contributed by atoms with van der Waals surface area (Å²) in [6, 6.07) is 8.00. The zero-order valence-electron chi connectivity index (χ0n) is 9.69. The van der Waals surface area contributed by atoms with Gasteiger partial charge in [-0.3, -0.25) is 0 Å². The van der Waals surface area contributed by atoms with Crippen LogP contribution in [0.4, 0.5) is 0 Å². The number of unbranched alkanes of at least 4 members (excludes halogenated alkanes) is 2. The lowest BCUT2D eigenvalue weighted by Gasteiger charge is -2.21. The van der Waals surface area contributed by atoms with Crippen molar-refractivity contribution >= 4 is 6.08 Å². The van der Waals surface area contributed by atoms with Gasteiger partial charge in [-0.2, -0.15) is 0 Å². The fraction of sp³-hybridized carbons (Fsp3) is 0.429. The average molecular weight is 218 g/mol. The van der Waals surface area contributed by atoms with E-state index in [-0.39, 0.29) is 6.29 Å². The summed E-state index contributed by atoms with van der Waals surface area (Å²) in [6.45, 7) is 2.96. The predicted molar refractivity (Wildman–Crippen MR) is 65.4 cm³/mol. The van der Waals surface area contributed by atoms with Crippen molar-refractivity contribution in [1.82, 2.24) is 0 Å². The first-order chi connectivity index (χ1) is 7.90. The van der Waals surface area contributed by atoms with E-state index >= 15 is 0 Å². The summed E-state index contributed by atoms with van der Waals surface area (Å²) in [6.07, 6.45) is 7.34. The molecule has 1 aliphatic rings. The zero-order valence-corrected chi connectivity index (χ0v) is 9.69. The number of fused-ring (bicyclic) bond motifs is 1. The molecule has 2 rings (SSSR count). The van der Waals surface area contributed by atoms with Crippen LogP contribution in [0.15, 0.2) is 30.3 Å². The van der Waals surface area contributed by atoms with Crippen molar-refractivity contribution in [2.75, 3.05) is 6.61 Å². The van der Waals surface area contributed by atoms with E-state index < -0.39 is 0 Å². The molecule has 86 valence electrons. The second kappa shape index (κ2) is 5.71. The normalized spacial score (nSPS) is 17.9. The minimum atomic E-state index is -0.216. The molecule has 0 aliphatic carbocycles. The van der Waals surface area contributed by atoms with Crippen molar-refractivity contribution in [2.45, 2.75) is 32.5 Å². The molecule has 1 heterocycles.